The van der Waals surface area contributed by atoms with Crippen molar-refractivity contribution in [2.24, 2.45) is 0 Å². The van der Waals surface area contributed by atoms with Crippen molar-refractivity contribution in [3.8, 4) is 0 Å². The number of benzene rings is 1. The maximum absolute atomic E-state index is 13.0. The average Bonchev–Trinajstić information content (AvgIpc) is 2.68. The highest BCUT2D eigenvalue weighted by Gasteiger charge is 2.15. The summed E-state index contributed by atoms with van der Waals surface area (Å²) >= 11 is 0. The van der Waals surface area contributed by atoms with Crippen molar-refractivity contribution in [2.75, 3.05) is 0 Å². The first-order chi connectivity index (χ1) is 8.99. The minimum absolute atomic E-state index is 0.149. The van der Waals surface area contributed by atoms with Gasteiger partial charge in [-0.1, -0.05) is 11.2 Å². The summed E-state index contributed by atoms with van der Waals surface area (Å²) in [5, 5.41) is 7.38. The molecule has 3 nitrogen and oxygen atoms in total. The minimum atomic E-state index is -0.194. The Labute approximate surface area is 112 Å². The zero-order valence-corrected chi connectivity index (χ0v) is 11.7. The summed E-state index contributed by atoms with van der Waals surface area (Å²) in [6.45, 7) is 8.53. The van der Waals surface area contributed by atoms with Gasteiger partial charge in [0.2, 0.25) is 0 Å². The predicted octanol–water partition coefficient (Wildman–Crippen LogP) is 3.59. The molecule has 1 heterocycles. The van der Waals surface area contributed by atoms with Crippen LogP contribution in [0.4, 0.5) is 4.39 Å². The van der Waals surface area contributed by atoms with Gasteiger partial charge >= 0.3 is 0 Å². The van der Waals surface area contributed by atoms with Gasteiger partial charge in [0.1, 0.15) is 11.6 Å². The van der Waals surface area contributed by atoms with E-state index >= 15 is 0 Å². The lowest BCUT2D eigenvalue weighted by atomic mass is 10.1. The van der Waals surface area contributed by atoms with Gasteiger partial charge < -0.3 is 9.84 Å². The van der Waals surface area contributed by atoms with Gasteiger partial charge in [-0.25, -0.2) is 4.39 Å². The van der Waals surface area contributed by atoms with Crippen LogP contribution >= 0.6 is 0 Å². The first kappa shape index (κ1) is 13.7. The van der Waals surface area contributed by atoms with E-state index in [1.54, 1.807) is 6.07 Å². The molecule has 1 aromatic carbocycles. The lowest BCUT2D eigenvalue weighted by Gasteiger charge is -2.15. The highest BCUT2D eigenvalue weighted by atomic mass is 19.1. The molecule has 2 rings (SSSR count). The topological polar surface area (TPSA) is 38.1 Å². The maximum Gasteiger partial charge on any atom is 0.138 e. The SMILES string of the molecule is Cc1cc(F)ccc1CNC(C)c1c(C)noc1C. The van der Waals surface area contributed by atoms with E-state index in [9.17, 15) is 4.39 Å². The third kappa shape index (κ3) is 3.01. The Morgan fingerprint density at radius 2 is 2.05 bits per heavy atom. The summed E-state index contributed by atoms with van der Waals surface area (Å²) in [7, 11) is 0. The summed E-state index contributed by atoms with van der Waals surface area (Å²) < 4.78 is 18.2. The van der Waals surface area contributed by atoms with Crippen molar-refractivity contribution < 1.29 is 8.91 Å². The molecular weight excluding hydrogens is 243 g/mol. The number of aromatic nitrogens is 1. The second kappa shape index (κ2) is 5.53. The van der Waals surface area contributed by atoms with E-state index in [4.69, 9.17) is 4.52 Å². The minimum Gasteiger partial charge on any atom is -0.361 e. The van der Waals surface area contributed by atoms with Crippen molar-refractivity contribution in [3.05, 3.63) is 52.2 Å². The number of halogens is 1. The second-order valence-electron chi connectivity index (χ2n) is 4.91. The molecule has 0 aliphatic carbocycles. The molecule has 0 spiro atoms. The predicted molar refractivity (Wildman–Crippen MR) is 72.4 cm³/mol. The van der Waals surface area contributed by atoms with Gasteiger partial charge in [-0.05, 0) is 51.0 Å². The highest BCUT2D eigenvalue weighted by molar-refractivity contribution is 5.28. The standard InChI is InChI=1S/C15H19FN2O/c1-9-7-14(16)6-5-13(9)8-17-10(2)15-11(3)18-19-12(15)4/h5-7,10,17H,8H2,1-4H3. The van der Waals surface area contributed by atoms with Gasteiger partial charge in [-0.3, -0.25) is 0 Å². The molecule has 4 heteroatoms. The number of rotatable bonds is 4. The van der Waals surface area contributed by atoms with Crippen molar-refractivity contribution in [2.45, 2.75) is 40.3 Å². The molecule has 19 heavy (non-hydrogen) atoms. The number of hydrogen-bond acceptors (Lipinski definition) is 3. The average molecular weight is 262 g/mol. The summed E-state index contributed by atoms with van der Waals surface area (Å²) in [6.07, 6.45) is 0. The molecule has 0 saturated carbocycles. The smallest absolute Gasteiger partial charge is 0.138 e. The van der Waals surface area contributed by atoms with E-state index in [1.165, 1.54) is 6.07 Å². The molecular formula is C15H19FN2O. The van der Waals surface area contributed by atoms with Crippen LogP contribution < -0.4 is 5.32 Å². The van der Waals surface area contributed by atoms with Gasteiger partial charge in [0.05, 0.1) is 5.69 Å². The largest absolute Gasteiger partial charge is 0.361 e. The first-order valence-corrected chi connectivity index (χ1v) is 6.40. The van der Waals surface area contributed by atoms with Crippen LogP contribution in [-0.2, 0) is 6.54 Å². The van der Waals surface area contributed by atoms with Gasteiger partial charge in [0.25, 0.3) is 0 Å². The Kier molecular flexibility index (Phi) is 4.00. The van der Waals surface area contributed by atoms with Crippen LogP contribution in [0.25, 0.3) is 0 Å². The summed E-state index contributed by atoms with van der Waals surface area (Å²) in [4.78, 5) is 0. The van der Waals surface area contributed by atoms with Gasteiger partial charge in [0.15, 0.2) is 0 Å². The van der Waals surface area contributed by atoms with E-state index in [2.05, 4.69) is 17.4 Å². The molecule has 102 valence electrons. The van der Waals surface area contributed by atoms with E-state index in [1.807, 2.05) is 26.8 Å². The van der Waals surface area contributed by atoms with Crippen LogP contribution in [0.3, 0.4) is 0 Å². The lowest BCUT2D eigenvalue weighted by Crippen LogP contribution is -2.19. The summed E-state index contributed by atoms with van der Waals surface area (Å²) in [5.41, 5.74) is 4.06. The molecule has 2 aromatic rings. The van der Waals surface area contributed by atoms with Crippen LogP contribution in [0, 0.1) is 26.6 Å². The Morgan fingerprint density at radius 1 is 1.32 bits per heavy atom. The Morgan fingerprint density at radius 3 is 2.63 bits per heavy atom. The molecule has 1 aromatic heterocycles. The molecule has 0 amide bonds. The van der Waals surface area contributed by atoms with Crippen molar-refractivity contribution in [1.29, 1.82) is 0 Å². The van der Waals surface area contributed by atoms with Crippen LogP contribution in [0.5, 0.6) is 0 Å². The molecule has 1 unspecified atom stereocenters. The lowest BCUT2D eigenvalue weighted by molar-refractivity contribution is 0.390. The van der Waals surface area contributed by atoms with E-state index in [-0.39, 0.29) is 11.9 Å². The van der Waals surface area contributed by atoms with Crippen LogP contribution in [0.1, 0.15) is 41.1 Å². The van der Waals surface area contributed by atoms with Crippen LogP contribution in [0.15, 0.2) is 22.7 Å². The van der Waals surface area contributed by atoms with E-state index in [0.29, 0.717) is 6.54 Å². The Balaban J connectivity index is 2.06. The highest BCUT2D eigenvalue weighted by Crippen LogP contribution is 2.21. The van der Waals surface area contributed by atoms with Crippen LogP contribution in [-0.4, -0.2) is 5.16 Å². The summed E-state index contributed by atoms with van der Waals surface area (Å²) in [6, 6.07) is 5.01. The van der Waals surface area contributed by atoms with Crippen molar-refractivity contribution in [3.63, 3.8) is 0 Å². The van der Waals surface area contributed by atoms with Gasteiger partial charge in [0, 0.05) is 18.2 Å². The number of aryl methyl sites for hydroxylation is 3. The monoisotopic (exact) mass is 262 g/mol. The molecule has 0 aliphatic heterocycles. The molecule has 0 fully saturated rings. The first-order valence-electron chi connectivity index (χ1n) is 6.40. The quantitative estimate of drug-likeness (QED) is 0.915. The molecule has 0 bridgehead atoms. The maximum atomic E-state index is 13.0. The molecule has 0 radical (unpaired) electrons. The Bertz CT molecular complexity index is 558. The third-order valence-electron chi connectivity index (χ3n) is 3.42. The van der Waals surface area contributed by atoms with Gasteiger partial charge in [-0.15, -0.1) is 0 Å². The number of hydrogen-bond donors (Lipinski definition) is 1. The zero-order chi connectivity index (χ0) is 14.0. The summed E-state index contributed by atoms with van der Waals surface area (Å²) in [5.74, 6) is 0.647. The zero-order valence-electron chi connectivity index (χ0n) is 11.7. The molecule has 0 aliphatic rings. The number of nitrogens with zero attached hydrogens (tertiary/aromatic N) is 1. The van der Waals surface area contributed by atoms with Crippen molar-refractivity contribution >= 4 is 0 Å². The fraction of sp³-hybridized carbons (Fsp3) is 0.400. The second-order valence-corrected chi connectivity index (χ2v) is 4.91. The fourth-order valence-corrected chi connectivity index (χ4v) is 2.33. The molecule has 1 N–H and O–H groups in total. The molecule has 0 saturated heterocycles. The van der Waals surface area contributed by atoms with Crippen LogP contribution in [0.2, 0.25) is 0 Å². The normalized spacial score (nSPS) is 12.7. The third-order valence-corrected chi connectivity index (χ3v) is 3.42. The molecule has 1 atom stereocenters. The van der Waals surface area contributed by atoms with E-state index < -0.39 is 0 Å². The Hall–Kier alpha value is -1.68. The number of nitrogens with one attached hydrogen (secondary N) is 1. The fourth-order valence-electron chi connectivity index (χ4n) is 2.33. The van der Waals surface area contributed by atoms with Gasteiger partial charge in [-0.2, -0.15) is 0 Å². The van der Waals surface area contributed by atoms with E-state index in [0.717, 1.165) is 28.1 Å². The van der Waals surface area contributed by atoms with Crippen molar-refractivity contribution in [1.82, 2.24) is 10.5 Å².